The zero-order valence-electron chi connectivity index (χ0n) is 13.3. The van der Waals surface area contributed by atoms with Crippen LogP contribution in [0.2, 0.25) is 10.0 Å². The lowest BCUT2D eigenvalue weighted by Gasteiger charge is -2.11. The van der Waals surface area contributed by atoms with Crippen LogP contribution >= 0.6 is 23.2 Å². The molecular weight excluding hydrogens is 371 g/mol. The molecule has 0 saturated heterocycles. The minimum atomic E-state index is -0.552. The number of halogens is 2. The van der Waals surface area contributed by atoms with Gasteiger partial charge in [-0.3, -0.25) is 14.9 Å². The first kappa shape index (κ1) is 18.8. The predicted molar refractivity (Wildman–Crippen MR) is 95.0 cm³/mol. The Balaban J connectivity index is 2.08. The van der Waals surface area contributed by atoms with Crippen molar-refractivity contribution in [2.24, 2.45) is 0 Å². The second-order valence-corrected chi connectivity index (χ2v) is 5.91. The number of nitro benzene ring substituents is 1. The third kappa shape index (κ3) is 4.98. The van der Waals surface area contributed by atoms with Gasteiger partial charge in [0.2, 0.25) is 0 Å². The highest BCUT2D eigenvalue weighted by Gasteiger charge is 2.18. The molecule has 0 radical (unpaired) electrons. The van der Waals surface area contributed by atoms with E-state index < -0.39 is 10.8 Å². The van der Waals surface area contributed by atoms with Crippen molar-refractivity contribution in [3.8, 4) is 11.5 Å². The average Bonchev–Trinajstić information content (AvgIpc) is 2.53. The van der Waals surface area contributed by atoms with Gasteiger partial charge in [-0.1, -0.05) is 23.2 Å². The lowest BCUT2D eigenvalue weighted by atomic mass is 10.1. The second-order valence-electron chi connectivity index (χ2n) is 5.04. The lowest BCUT2D eigenvalue weighted by Crippen LogP contribution is -2.20. The Morgan fingerprint density at radius 3 is 2.40 bits per heavy atom. The third-order valence-corrected chi connectivity index (χ3v) is 3.64. The molecule has 0 spiro atoms. The molecule has 2 rings (SSSR count). The van der Waals surface area contributed by atoms with Gasteiger partial charge < -0.3 is 14.8 Å². The van der Waals surface area contributed by atoms with Crippen LogP contribution < -0.4 is 14.8 Å². The van der Waals surface area contributed by atoms with E-state index in [9.17, 15) is 14.9 Å². The minimum Gasteiger partial charge on any atom is -0.490 e. The highest BCUT2D eigenvalue weighted by Crippen LogP contribution is 2.32. The summed E-state index contributed by atoms with van der Waals surface area (Å²) in [7, 11) is 1.31. The van der Waals surface area contributed by atoms with Crippen LogP contribution in [0, 0.1) is 17.0 Å². The van der Waals surface area contributed by atoms with E-state index in [-0.39, 0.29) is 18.0 Å². The number of hydrogen-bond acceptors (Lipinski definition) is 5. The van der Waals surface area contributed by atoms with Crippen LogP contribution in [0.25, 0.3) is 0 Å². The quantitative estimate of drug-likeness (QED) is 0.594. The van der Waals surface area contributed by atoms with E-state index in [1.165, 1.54) is 31.4 Å². The maximum absolute atomic E-state index is 12.0. The molecule has 0 aliphatic rings. The molecule has 1 amide bonds. The van der Waals surface area contributed by atoms with Gasteiger partial charge in [-0.2, -0.15) is 0 Å². The van der Waals surface area contributed by atoms with Crippen LogP contribution in [0.1, 0.15) is 5.56 Å². The van der Waals surface area contributed by atoms with Gasteiger partial charge in [-0.15, -0.1) is 0 Å². The number of amides is 1. The minimum absolute atomic E-state index is 0.0495. The Morgan fingerprint density at radius 2 is 1.84 bits per heavy atom. The Morgan fingerprint density at radius 1 is 1.20 bits per heavy atom. The van der Waals surface area contributed by atoms with Crippen LogP contribution in [-0.2, 0) is 4.79 Å². The molecule has 0 unspecified atom stereocenters. The first-order chi connectivity index (χ1) is 11.8. The Bertz CT molecular complexity index is 806. The second kappa shape index (κ2) is 8.04. The Labute approximate surface area is 153 Å². The maximum Gasteiger partial charge on any atom is 0.311 e. The number of anilines is 1. The molecule has 25 heavy (non-hydrogen) atoms. The fraction of sp³-hybridized carbons (Fsp3) is 0.188. The highest BCUT2D eigenvalue weighted by molar-refractivity contribution is 6.34. The molecule has 132 valence electrons. The zero-order chi connectivity index (χ0) is 18.6. The highest BCUT2D eigenvalue weighted by atomic mass is 35.5. The van der Waals surface area contributed by atoms with E-state index in [4.69, 9.17) is 32.7 Å². The van der Waals surface area contributed by atoms with Gasteiger partial charge in [0.15, 0.2) is 12.4 Å². The third-order valence-electron chi connectivity index (χ3n) is 3.20. The van der Waals surface area contributed by atoms with Crippen molar-refractivity contribution in [1.82, 2.24) is 0 Å². The van der Waals surface area contributed by atoms with E-state index in [0.717, 1.165) is 0 Å². The molecule has 0 heterocycles. The fourth-order valence-electron chi connectivity index (χ4n) is 2.06. The standard InChI is InChI=1S/C16H14Cl2N2O5/c1-9-3-14(20(22)23)15(24-2)7-13(9)19-16(21)8-25-12-5-10(17)4-11(18)6-12/h3-7H,8H2,1-2H3,(H,19,21). The van der Waals surface area contributed by atoms with Gasteiger partial charge in [0, 0.05) is 27.9 Å². The number of rotatable bonds is 6. The summed E-state index contributed by atoms with van der Waals surface area (Å²) in [5.41, 5.74) is 0.731. The molecule has 9 heteroatoms. The van der Waals surface area contributed by atoms with E-state index in [1.807, 2.05) is 0 Å². The Hall–Kier alpha value is -2.51. The summed E-state index contributed by atoms with van der Waals surface area (Å²) >= 11 is 11.7. The molecule has 0 atom stereocenters. The number of nitro groups is 1. The summed E-state index contributed by atoms with van der Waals surface area (Å²) in [5, 5.41) is 14.4. The lowest BCUT2D eigenvalue weighted by molar-refractivity contribution is -0.385. The van der Waals surface area contributed by atoms with Crippen molar-refractivity contribution >= 4 is 40.5 Å². The number of aryl methyl sites for hydroxylation is 1. The predicted octanol–water partition coefficient (Wildman–Crippen LogP) is 4.24. The first-order valence-electron chi connectivity index (χ1n) is 7.02. The molecule has 7 nitrogen and oxygen atoms in total. The summed E-state index contributed by atoms with van der Waals surface area (Å²) in [6, 6.07) is 7.32. The van der Waals surface area contributed by atoms with E-state index in [0.29, 0.717) is 27.0 Å². The molecule has 0 aliphatic heterocycles. The van der Waals surface area contributed by atoms with Crippen LogP contribution in [0.15, 0.2) is 30.3 Å². The molecule has 2 aromatic rings. The number of nitrogens with zero attached hydrogens (tertiary/aromatic N) is 1. The van der Waals surface area contributed by atoms with Gasteiger partial charge >= 0.3 is 5.69 Å². The molecular formula is C16H14Cl2N2O5. The average molecular weight is 385 g/mol. The van der Waals surface area contributed by atoms with Crippen molar-refractivity contribution in [3.05, 3.63) is 56.1 Å². The van der Waals surface area contributed by atoms with E-state index in [2.05, 4.69) is 5.32 Å². The van der Waals surface area contributed by atoms with Crippen molar-refractivity contribution in [1.29, 1.82) is 0 Å². The van der Waals surface area contributed by atoms with Crippen LogP contribution in [-0.4, -0.2) is 24.5 Å². The molecule has 0 bridgehead atoms. The summed E-state index contributed by atoms with van der Waals surface area (Å²) in [6.07, 6.45) is 0. The number of methoxy groups -OCH3 is 1. The van der Waals surface area contributed by atoms with Crippen molar-refractivity contribution in [2.45, 2.75) is 6.92 Å². The van der Waals surface area contributed by atoms with E-state index in [1.54, 1.807) is 13.0 Å². The van der Waals surface area contributed by atoms with Gasteiger partial charge in [-0.25, -0.2) is 0 Å². The molecule has 0 saturated carbocycles. The topological polar surface area (TPSA) is 90.7 Å². The summed E-state index contributed by atoms with van der Waals surface area (Å²) in [6.45, 7) is 1.36. The van der Waals surface area contributed by atoms with Gasteiger partial charge in [0.25, 0.3) is 5.91 Å². The van der Waals surface area contributed by atoms with Crippen LogP contribution in [0.5, 0.6) is 11.5 Å². The molecule has 0 fully saturated rings. The Kier molecular flexibility index (Phi) is 6.06. The van der Waals surface area contributed by atoms with E-state index >= 15 is 0 Å². The van der Waals surface area contributed by atoms with Crippen molar-refractivity contribution in [3.63, 3.8) is 0 Å². The SMILES string of the molecule is COc1cc(NC(=O)COc2cc(Cl)cc(Cl)c2)c(C)cc1[N+](=O)[O-]. The van der Waals surface area contributed by atoms with Gasteiger partial charge in [0.05, 0.1) is 12.0 Å². The number of hydrogen-bond donors (Lipinski definition) is 1. The van der Waals surface area contributed by atoms with Crippen molar-refractivity contribution in [2.75, 3.05) is 19.0 Å². The number of carbonyl (C=O) groups excluding carboxylic acids is 1. The first-order valence-corrected chi connectivity index (χ1v) is 7.77. The van der Waals surface area contributed by atoms with Crippen LogP contribution in [0.4, 0.5) is 11.4 Å². The number of carbonyl (C=O) groups is 1. The zero-order valence-corrected chi connectivity index (χ0v) is 14.9. The largest absolute Gasteiger partial charge is 0.490 e. The summed E-state index contributed by atoms with van der Waals surface area (Å²) in [4.78, 5) is 22.5. The fourth-order valence-corrected chi connectivity index (χ4v) is 2.57. The smallest absolute Gasteiger partial charge is 0.311 e. The van der Waals surface area contributed by atoms with Gasteiger partial charge in [-0.05, 0) is 30.7 Å². The molecule has 0 aromatic heterocycles. The van der Waals surface area contributed by atoms with Crippen LogP contribution in [0.3, 0.4) is 0 Å². The number of nitrogens with one attached hydrogen (secondary N) is 1. The molecule has 1 N–H and O–H groups in total. The normalized spacial score (nSPS) is 10.2. The maximum atomic E-state index is 12.0. The summed E-state index contributed by atoms with van der Waals surface area (Å²) < 4.78 is 10.3. The molecule has 2 aromatic carbocycles. The number of ether oxygens (including phenoxy) is 2. The van der Waals surface area contributed by atoms with Gasteiger partial charge in [0.1, 0.15) is 5.75 Å². The number of benzene rings is 2. The summed E-state index contributed by atoms with van der Waals surface area (Å²) in [5.74, 6) is -0.0470. The van der Waals surface area contributed by atoms with Crippen molar-refractivity contribution < 1.29 is 19.2 Å². The monoisotopic (exact) mass is 384 g/mol. The molecule has 0 aliphatic carbocycles.